The van der Waals surface area contributed by atoms with Gasteiger partial charge in [0.15, 0.2) is 0 Å². The second-order valence-corrected chi connectivity index (χ2v) is 5.17. The van der Waals surface area contributed by atoms with Crippen LogP contribution in [0.25, 0.3) is 0 Å². The van der Waals surface area contributed by atoms with Crippen LogP contribution in [0.2, 0.25) is 10.0 Å². The maximum atomic E-state index is 11.8. The van der Waals surface area contributed by atoms with Crippen LogP contribution < -0.4 is 5.43 Å². The molecule has 1 amide bonds. The van der Waals surface area contributed by atoms with Crippen molar-refractivity contribution in [3.63, 3.8) is 0 Å². The molecule has 2 rings (SSSR count). The van der Waals surface area contributed by atoms with Crippen LogP contribution in [0.5, 0.6) is 5.75 Å². The van der Waals surface area contributed by atoms with Crippen LogP contribution in [0.4, 0.5) is 0 Å². The number of aromatic hydroxyl groups is 1. The molecule has 0 aliphatic heterocycles. The molecule has 2 aromatic carbocycles. The number of nitrogens with one attached hydrogen (secondary N) is 1. The topological polar surface area (TPSA) is 61.7 Å². The molecule has 0 bridgehead atoms. The third kappa shape index (κ3) is 3.74. The molecule has 108 valence electrons. The number of rotatable bonds is 3. The Morgan fingerprint density at radius 2 is 1.76 bits per heavy atom. The van der Waals surface area contributed by atoms with Crippen molar-refractivity contribution in [3.8, 4) is 5.75 Å². The van der Waals surface area contributed by atoms with Crippen LogP contribution in [0, 0.1) is 6.92 Å². The number of hydrazone groups is 1. The number of carbonyl (C=O) groups is 1. The molecule has 0 heterocycles. The highest BCUT2D eigenvalue weighted by molar-refractivity contribution is 6.36. The van der Waals surface area contributed by atoms with Crippen molar-refractivity contribution in [2.45, 2.75) is 6.92 Å². The summed E-state index contributed by atoms with van der Waals surface area (Å²) in [7, 11) is 0. The van der Waals surface area contributed by atoms with E-state index in [2.05, 4.69) is 10.5 Å². The number of hydrogen-bond donors (Lipinski definition) is 2. The number of phenolic OH excluding ortho intramolecular Hbond substituents is 1. The van der Waals surface area contributed by atoms with E-state index in [4.69, 9.17) is 23.2 Å². The molecule has 0 unspecified atom stereocenters. The molecule has 0 aliphatic carbocycles. The first-order valence-corrected chi connectivity index (χ1v) is 6.81. The van der Waals surface area contributed by atoms with Gasteiger partial charge in [0.25, 0.3) is 5.91 Å². The Morgan fingerprint density at radius 3 is 2.43 bits per heavy atom. The van der Waals surface area contributed by atoms with Gasteiger partial charge in [-0.25, -0.2) is 5.43 Å². The number of halogens is 2. The highest BCUT2D eigenvalue weighted by atomic mass is 35.5. The molecule has 2 N–H and O–H groups in total. The lowest BCUT2D eigenvalue weighted by Crippen LogP contribution is -2.17. The summed E-state index contributed by atoms with van der Waals surface area (Å²) >= 11 is 11.7. The van der Waals surface area contributed by atoms with E-state index in [0.717, 1.165) is 5.56 Å². The summed E-state index contributed by atoms with van der Waals surface area (Å²) in [5.74, 6) is -0.540. The standard InChI is InChI=1S/C15H12Cl2N2O2/c1-9-2-4-10(5-3-9)15(21)19-18-8-11-12(16)6-7-13(17)14(11)20/h2-8,20H,1H3,(H,19,21). The summed E-state index contributed by atoms with van der Waals surface area (Å²) in [6.07, 6.45) is 1.25. The second-order valence-electron chi connectivity index (χ2n) is 4.36. The number of nitrogens with zero attached hydrogens (tertiary/aromatic N) is 1. The van der Waals surface area contributed by atoms with Gasteiger partial charge in [0.05, 0.1) is 21.8 Å². The average molecular weight is 323 g/mol. The van der Waals surface area contributed by atoms with Crippen LogP contribution in [-0.2, 0) is 0 Å². The number of amides is 1. The minimum Gasteiger partial charge on any atom is -0.506 e. The highest BCUT2D eigenvalue weighted by Crippen LogP contribution is 2.31. The lowest BCUT2D eigenvalue weighted by molar-refractivity contribution is 0.0955. The molecule has 4 nitrogen and oxygen atoms in total. The van der Waals surface area contributed by atoms with Crippen molar-refractivity contribution >= 4 is 35.3 Å². The molecule has 0 aliphatic rings. The molecule has 0 radical (unpaired) electrons. The summed E-state index contributed by atoms with van der Waals surface area (Å²) in [6.45, 7) is 1.93. The maximum Gasteiger partial charge on any atom is 0.271 e. The second kappa shape index (κ2) is 6.61. The predicted octanol–water partition coefficient (Wildman–Crippen LogP) is 3.77. The molecule has 0 saturated heterocycles. The van der Waals surface area contributed by atoms with E-state index in [0.29, 0.717) is 5.56 Å². The van der Waals surface area contributed by atoms with Gasteiger partial charge in [-0.3, -0.25) is 4.79 Å². The first-order chi connectivity index (χ1) is 9.99. The van der Waals surface area contributed by atoms with E-state index in [1.54, 1.807) is 12.1 Å². The van der Waals surface area contributed by atoms with Gasteiger partial charge in [0.1, 0.15) is 5.75 Å². The average Bonchev–Trinajstić information content (AvgIpc) is 2.47. The van der Waals surface area contributed by atoms with E-state index >= 15 is 0 Å². The van der Waals surface area contributed by atoms with E-state index in [1.807, 2.05) is 19.1 Å². The van der Waals surface area contributed by atoms with Crippen molar-refractivity contribution in [2.75, 3.05) is 0 Å². The van der Waals surface area contributed by atoms with E-state index in [-0.39, 0.29) is 27.3 Å². The van der Waals surface area contributed by atoms with E-state index in [1.165, 1.54) is 18.3 Å². The van der Waals surface area contributed by atoms with Crippen LogP contribution in [-0.4, -0.2) is 17.2 Å². The van der Waals surface area contributed by atoms with Crippen molar-refractivity contribution in [1.29, 1.82) is 0 Å². The summed E-state index contributed by atoms with van der Waals surface area (Å²) in [5.41, 5.74) is 4.15. The zero-order valence-corrected chi connectivity index (χ0v) is 12.6. The van der Waals surface area contributed by atoms with Crippen LogP contribution in [0.3, 0.4) is 0 Å². The van der Waals surface area contributed by atoms with Crippen molar-refractivity contribution in [2.24, 2.45) is 5.10 Å². The molecule has 0 spiro atoms. The Balaban J connectivity index is 2.11. The molecule has 0 aromatic heterocycles. The molecule has 0 fully saturated rings. The quantitative estimate of drug-likeness (QED) is 0.667. The molecule has 0 saturated carbocycles. The van der Waals surface area contributed by atoms with Gasteiger partial charge in [-0.2, -0.15) is 5.10 Å². The zero-order chi connectivity index (χ0) is 15.4. The summed E-state index contributed by atoms with van der Waals surface area (Å²) in [4.78, 5) is 11.8. The smallest absolute Gasteiger partial charge is 0.271 e. The molecule has 21 heavy (non-hydrogen) atoms. The van der Waals surface area contributed by atoms with Gasteiger partial charge in [0.2, 0.25) is 0 Å². The minimum absolute atomic E-state index is 0.158. The minimum atomic E-state index is -0.358. The summed E-state index contributed by atoms with van der Waals surface area (Å²) in [6, 6.07) is 10.1. The lowest BCUT2D eigenvalue weighted by Gasteiger charge is -2.04. The van der Waals surface area contributed by atoms with Crippen molar-refractivity contribution in [3.05, 3.63) is 63.1 Å². The van der Waals surface area contributed by atoms with Gasteiger partial charge < -0.3 is 5.11 Å². The SMILES string of the molecule is Cc1ccc(C(=O)NN=Cc2c(Cl)ccc(Cl)c2O)cc1. The molecule has 0 atom stereocenters. The van der Waals surface area contributed by atoms with Crippen molar-refractivity contribution in [1.82, 2.24) is 5.43 Å². The summed E-state index contributed by atoms with van der Waals surface area (Å²) in [5, 5.41) is 14.0. The Labute approximate surface area is 132 Å². The number of carbonyl (C=O) groups excluding carboxylic acids is 1. The number of aryl methyl sites for hydroxylation is 1. The van der Waals surface area contributed by atoms with Crippen LogP contribution in [0.1, 0.15) is 21.5 Å². The van der Waals surface area contributed by atoms with Gasteiger partial charge in [-0.1, -0.05) is 40.9 Å². The van der Waals surface area contributed by atoms with E-state index < -0.39 is 0 Å². The Bertz CT molecular complexity index is 698. The first kappa shape index (κ1) is 15.4. The monoisotopic (exact) mass is 322 g/mol. The Hall–Kier alpha value is -2.04. The number of hydrogen-bond acceptors (Lipinski definition) is 3. The number of phenols is 1. The Morgan fingerprint density at radius 1 is 1.14 bits per heavy atom. The van der Waals surface area contributed by atoms with Gasteiger partial charge in [-0.15, -0.1) is 0 Å². The summed E-state index contributed by atoms with van der Waals surface area (Å²) < 4.78 is 0. The fraction of sp³-hybridized carbons (Fsp3) is 0.0667. The van der Waals surface area contributed by atoms with Gasteiger partial charge in [0, 0.05) is 5.56 Å². The maximum absolute atomic E-state index is 11.8. The largest absolute Gasteiger partial charge is 0.506 e. The van der Waals surface area contributed by atoms with Gasteiger partial charge >= 0.3 is 0 Å². The highest BCUT2D eigenvalue weighted by Gasteiger charge is 2.08. The van der Waals surface area contributed by atoms with Crippen LogP contribution in [0.15, 0.2) is 41.5 Å². The zero-order valence-electron chi connectivity index (χ0n) is 11.1. The fourth-order valence-corrected chi connectivity index (χ4v) is 1.97. The van der Waals surface area contributed by atoms with E-state index in [9.17, 15) is 9.90 Å². The van der Waals surface area contributed by atoms with Crippen molar-refractivity contribution < 1.29 is 9.90 Å². The predicted molar refractivity (Wildman–Crippen MR) is 84.4 cm³/mol. The normalized spacial score (nSPS) is 10.8. The van der Waals surface area contributed by atoms with Crippen LogP contribution >= 0.6 is 23.2 Å². The van der Waals surface area contributed by atoms with Gasteiger partial charge in [-0.05, 0) is 31.2 Å². The third-order valence-corrected chi connectivity index (χ3v) is 3.42. The molecule has 2 aromatic rings. The number of benzene rings is 2. The third-order valence-electron chi connectivity index (χ3n) is 2.79. The molecular weight excluding hydrogens is 311 g/mol. The lowest BCUT2D eigenvalue weighted by atomic mass is 10.1. The molecular formula is C15H12Cl2N2O2. The first-order valence-electron chi connectivity index (χ1n) is 6.06. The fourth-order valence-electron chi connectivity index (χ4n) is 1.60. The Kier molecular flexibility index (Phi) is 4.83. The molecule has 6 heteroatoms.